The third-order valence-corrected chi connectivity index (χ3v) is 3.59. The molecule has 0 saturated carbocycles. The number of aromatic nitrogens is 1. The number of rotatable bonds is 5. The number of nitriles is 1. The lowest BCUT2D eigenvalue weighted by molar-refractivity contribution is 0.395. The van der Waals surface area contributed by atoms with Gasteiger partial charge >= 0.3 is 0 Å². The number of hydrogen-bond acceptors (Lipinski definition) is 3. The molecule has 3 heteroatoms. The van der Waals surface area contributed by atoms with Crippen LogP contribution in [0.3, 0.4) is 0 Å². The molecule has 0 spiro atoms. The molecule has 2 aromatic rings. The molecule has 1 atom stereocenters. The minimum absolute atomic E-state index is 0.0527. The number of ether oxygens (including phenoxy) is 1. The van der Waals surface area contributed by atoms with Crippen LogP contribution in [0.1, 0.15) is 43.7 Å². The van der Waals surface area contributed by atoms with Gasteiger partial charge in [0.2, 0.25) is 5.88 Å². The van der Waals surface area contributed by atoms with Crippen LogP contribution >= 0.6 is 0 Å². The van der Waals surface area contributed by atoms with E-state index in [1.54, 1.807) is 7.11 Å². The Morgan fingerprint density at radius 1 is 1.30 bits per heavy atom. The van der Waals surface area contributed by atoms with E-state index in [1.165, 1.54) is 0 Å². The lowest BCUT2D eigenvalue weighted by Crippen LogP contribution is -1.98. The van der Waals surface area contributed by atoms with Crippen LogP contribution in [0.25, 0.3) is 10.9 Å². The van der Waals surface area contributed by atoms with Gasteiger partial charge in [0.15, 0.2) is 0 Å². The van der Waals surface area contributed by atoms with Crippen molar-refractivity contribution in [2.75, 3.05) is 7.11 Å². The smallest absolute Gasteiger partial charge is 0.216 e. The molecule has 0 amide bonds. The molecule has 2 rings (SSSR count). The van der Waals surface area contributed by atoms with E-state index in [0.29, 0.717) is 5.88 Å². The van der Waals surface area contributed by atoms with Crippen molar-refractivity contribution in [2.24, 2.45) is 0 Å². The van der Waals surface area contributed by atoms with Gasteiger partial charge in [-0.25, -0.2) is 4.98 Å². The molecule has 0 N–H and O–H groups in total. The lowest BCUT2D eigenvalue weighted by atomic mass is 9.95. The summed E-state index contributed by atoms with van der Waals surface area (Å²) in [5.41, 5.74) is 3.05. The van der Waals surface area contributed by atoms with Gasteiger partial charge in [-0.3, -0.25) is 0 Å². The molecule has 0 aliphatic heterocycles. The zero-order valence-electron chi connectivity index (χ0n) is 12.3. The van der Waals surface area contributed by atoms with Crippen LogP contribution < -0.4 is 4.74 Å². The van der Waals surface area contributed by atoms with Crippen molar-refractivity contribution in [2.45, 2.75) is 39.0 Å². The van der Waals surface area contributed by atoms with Gasteiger partial charge in [-0.1, -0.05) is 32.4 Å². The number of pyridine rings is 1. The van der Waals surface area contributed by atoms with Gasteiger partial charge in [0.05, 0.1) is 24.6 Å². The fourth-order valence-electron chi connectivity index (χ4n) is 2.45. The van der Waals surface area contributed by atoms with Crippen LogP contribution in [0.2, 0.25) is 0 Å². The van der Waals surface area contributed by atoms with E-state index in [9.17, 15) is 5.26 Å². The fourth-order valence-corrected chi connectivity index (χ4v) is 2.45. The van der Waals surface area contributed by atoms with E-state index in [4.69, 9.17) is 4.74 Å². The topological polar surface area (TPSA) is 45.9 Å². The van der Waals surface area contributed by atoms with E-state index in [2.05, 4.69) is 37.0 Å². The summed E-state index contributed by atoms with van der Waals surface area (Å²) >= 11 is 0. The number of aryl methyl sites for hydroxylation is 1. The predicted octanol–water partition coefficient (Wildman–Crippen LogP) is 4.21. The quantitative estimate of drug-likeness (QED) is 0.815. The van der Waals surface area contributed by atoms with Gasteiger partial charge in [0.25, 0.3) is 0 Å². The number of methoxy groups -OCH3 is 1. The van der Waals surface area contributed by atoms with Crippen molar-refractivity contribution in [1.82, 2.24) is 4.98 Å². The third-order valence-electron chi connectivity index (χ3n) is 3.59. The zero-order chi connectivity index (χ0) is 14.5. The highest BCUT2D eigenvalue weighted by Crippen LogP contribution is 2.27. The van der Waals surface area contributed by atoms with Crippen molar-refractivity contribution in [3.63, 3.8) is 0 Å². The maximum absolute atomic E-state index is 9.27. The summed E-state index contributed by atoms with van der Waals surface area (Å²) in [4.78, 5) is 4.57. The molecule has 0 saturated heterocycles. The molecular weight excluding hydrogens is 248 g/mol. The minimum Gasteiger partial charge on any atom is -0.481 e. The summed E-state index contributed by atoms with van der Waals surface area (Å²) in [7, 11) is 1.65. The Labute approximate surface area is 120 Å². The Hall–Kier alpha value is -2.08. The number of benzene rings is 1. The second-order valence-corrected chi connectivity index (χ2v) is 4.93. The first-order valence-corrected chi connectivity index (χ1v) is 7.10. The average Bonchev–Trinajstić information content (AvgIpc) is 2.50. The fraction of sp³-hybridized carbons (Fsp3) is 0.412. The number of fused-ring (bicyclic) bond motifs is 1. The van der Waals surface area contributed by atoms with Gasteiger partial charge in [0.1, 0.15) is 0 Å². The zero-order valence-corrected chi connectivity index (χ0v) is 12.3. The molecule has 0 fully saturated rings. The summed E-state index contributed by atoms with van der Waals surface area (Å²) in [5.74, 6) is 0.629. The van der Waals surface area contributed by atoms with Gasteiger partial charge in [0, 0.05) is 10.9 Å². The summed E-state index contributed by atoms with van der Waals surface area (Å²) in [6.07, 6.45) is 2.78. The molecule has 1 aromatic heterocycles. The molecule has 0 aliphatic rings. The van der Waals surface area contributed by atoms with Crippen LogP contribution in [-0.4, -0.2) is 12.1 Å². The Morgan fingerprint density at radius 3 is 2.70 bits per heavy atom. The molecule has 1 aromatic carbocycles. The van der Waals surface area contributed by atoms with Crippen molar-refractivity contribution in [3.8, 4) is 11.9 Å². The monoisotopic (exact) mass is 268 g/mol. The standard InChI is InChI=1S/C17H20N2O/c1-4-6-15(11-18)13-7-8-14-9-12(5-2)17(20-3)19-16(14)10-13/h7-10,15H,4-6H2,1-3H3. The summed E-state index contributed by atoms with van der Waals surface area (Å²) < 4.78 is 5.34. The third kappa shape index (κ3) is 2.75. The van der Waals surface area contributed by atoms with Gasteiger partial charge in [-0.05, 0) is 30.5 Å². The van der Waals surface area contributed by atoms with E-state index >= 15 is 0 Å². The first kappa shape index (κ1) is 14.3. The minimum atomic E-state index is -0.0527. The molecule has 0 aliphatic carbocycles. The van der Waals surface area contributed by atoms with Crippen molar-refractivity contribution in [3.05, 3.63) is 35.4 Å². The van der Waals surface area contributed by atoms with Crippen molar-refractivity contribution in [1.29, 1.82) is 5.26 Å². The lowest BCUT2D eigenvalue weighted by Gasteiger charge is -2.11. The summed E-state index contributed by atoms with van der Waals surface area (Å²) in [5, 5.41) is 10.4. The first-order valence-electron chi connectivity index (χ1n) is 7.10. The molecular formula is C17H20N2O. The highest BCUT2D eigenvalue weighted by atomic mass is 16.5. The van der Waals surface area contributed by atoms with E-state index in [1.807, 2.05) is 12.1 Å². The van der Waals surface area contributed by atoms with Gasteiger partial charge in [-0.15, -0.1) is 0 Å². The Bertz CT molecular complexity index is 643. The number of nitrogens with zero attached hydrogens (tertiary/aromatic N) is 2. The number of hydrogen-bond donors (Lipinski definition) is 0. The summed E-state index contributed by atoms with van der Waals surface area (Å²) in [6, 6.07) is 10.6. The Balaban J connectivity index is 2.51. The van der Waals surface area contributed by atoms with Crippen LogP contribution in [0.15, 0.2) is 24.3 Å². The first-order chi connectivity index (χ1) is 9.73. The maximum atomic E-state index is 9.27. The van der Waals surface area contributed by atoms with E-state index in [0.717, 1.165) is 41.3 Å². The van der Waals surface area contributed by atoms with Gasteiger partial charge in [-0.2, -0.15) is 5.26 Å². The Morgan fingerprint density at radius 2 is 2.10 bits per heavy atom. The van der Waals surface area contributed by atoms with Crippen LogP contribution in [-0.2, 0) is 6.42 Å². The second kappa shape index (κ2) is 6.38. The van der Waals surface area contributed by atoms with Crippen LogP contribution in [0.5, 0.6) is 5.88 Å². The highest BCUT2D eigenvalue weighted by molar-refractivity contribution is 5.81. The summed E-state index contributed by atoms with van der Waals surface area (Å²) in [6.45, 7) is 4.19. The average molecular weight is 268 g/mol. The highest BCUT2D eigenvalue weighted by Gasteiger charge is 2.12. The Kier molecular flexibility index (Phi) is 4.57. The molecule has 0 bridgehead atoms. The molecule has 3 nitrogen and oxygen atoms in total. The SMILES string of the molecule is CCCC(C#N)c1ccc2cc(CC)c(OC)nc2c1. The normalized spacial score (nSPS) is 12.1. The molecule has 1 unspecified atom stereocenters. The molecule has 0 radical (unpaired) electrons. The predicted molar refractivity (Wildman–Crippen MR) is 80.9 cm³/mol. The maximum Gasteiger partial charge on any atom is 0.216 e. The van der Waals surface area contributed by atoms with Crippen LogP contribution in [0, 0.1) is 11.3 Å². The second-order valence-electron chi connectivity index (χ2n) is 4.93. The molecule has 1 heterocycles. The van der Waals surface area contributed by atoms with E-state index in [-0.39, 0.29) is 5.92 Å². The van der Waals surface area contributed by atoms with Crippen molar-refractivity contribution < 1.29 is 4.74 Å². The van der Waals surface area contributed by atoms with Crippen molar-refractivity contribution >= 4 is 10.9 Å². The molecule has 104 valence electrons. The largest absolute Gasteiger partial charge is 0.481 e. The van der Waals surface area contributed by atoms with Gasteiger partial charge < -0.3 is 4.74 Å². The molecule has 20 heavy (non-hydrogen) atoms. The van der Waals surface area contributed by atoms with E-state index < -0.39 is 0 Å². The van der Waals surface area contributed by atoms with Crippen LogP contribution in [0.4, 0.5) is 0 Å².